The van der Waals surface area contributed by atoms with Gasteiger partial charge >= 0.3 is 0 Å². The number of carbonyl (C=O) groups is 3. The molecular formula is C58H71N13O8S. The zero-order chi connectivity index (χ0) is 56.2. The first-order valence-electron chi connectivity index (χ1n) is 27.7. The van der Waals surface area contributed by atoms with Crippen LogP contribution in [0.2, 0.25) is 0 Å². The molecule has 4 aromatic carbocycles. The molecular weight excluding hydrogens is 1040 g/mol. The minimum absolute atomic E-state index is 0.0219. The SMILES string of the molecule is CCNC(=O)c1nnc(-c2cc(CC)c(O)cc2OC)n1-c1ccc(CN2CCN(CC3CCN(C(=O)C4CCN(c5ccc(Nc6ncc7c(n6)N(S(C)(=O)=O)c6ccccc6C(=O)N7C)c(OCC)c5)CC4)CC3)CC2)cc1. The molecule has 2 aromatic heterocycles. The predicted molar refractivity (Wildman–Crippen MR) is 307 cm³/mol. The second-order valence-electron chi connectivity index (χ2n) is 20.9. The second-order valence-corrected chi connectivity index (χ2v) is 22.7. The Hall–Kier alpha value is -7.82. The molecule has 0 radical (unpaired) electrons. The molecule has 0 bridgehead atoms. The van der Waals surface area contributed by atoms with Crippen molar-refractivity contribution in [1.82, 2.24) is 44.7 Å². The number of fused-ring (bicyclic) bond motifs is 2. The van der Waals surface area contributed by atoms with Gasteiger partial charge in [0.05, 0.1) is 48.7 Å². The Kier molecular flexibility index (Phi) is 16.6. The van der Waals surface area contributed by atoms with Crippen molar-refractivity contribution in [3.63, 3.8) is 0 Å². The third-order valence-corrected chi connectivity index (χ3v) is 16.8. The fourth-order valence-electron chi connectivity index (χ4n) is 11.4. The molecule has 422 valence electrons. The van der Waals surface area contributed by atoms with E-state index >= 15 is 0 Å². The molecule has 3 amide bonds. The number of benzene rings is 4. The summed E-state index contributed by atoms with van der Waals surface area (Å²) in [5, 5.41) is 25.4. The summed E-state index contributed by atoms with van der Waals surface area (Å²) >= 11 is 0. The van der Waals surface area contributed by atoms with Crippen LogP contribution in [0.25, 0.3) is 17.1 Å². The molecule has 4 aliphatic rings. The third kappa shape index (κ3) is 11.6. The Morgan fingerprint density at radius 1 is 0.800 bits per heavy atom. The number of sulfonamides is 1. The Labute approximate surface area is 467 Å². The van der Waals surface area contributed by atoms with Crippen molar-refractivity contribution >= 4 is 62.3 Å². The molecule has 80 heavy (non-hydrogen) atoms. The number of aryl methyl sites for hydroxylation is 1. The minimum Gasteiger partial charge on any atom is -0.508 e. The van der Waals surface area contributed by atoms with Crippen LogP contribution in [-0.2, 0) is 27.8 Å². The van der Waals surface area contributed by atoms with E-state index in [-0.39, 0.29) is 63.9 Å². The van der Waals surface area contributed by atoms with E-state index in [0.717, 1.165) is 124 Å². The van der Waals surface area contributed by atoms with Gasteiger partial charge < -0.3 is 44.8 Å². The Balaban J connectivity index is 0.694. The number of carbonyl (C=O) groups excluding carboxylic acids is 3. The molecule has 21 nitrogen and oxygen atoms in total. The van der Waals surface area contributed by atoms with Crippen LogP contribution in [0.3, 0.4) is 0 Å². The van der Waals surface area contributed by atoms with Crippen LogP contribution < -0.4 is 34.2 Å². The molecule has 0 atom stereocenters. The quantitative estimate of drug-likeness (QED) is 0.0849. The first kappa shape index (κ1) is 55.5. The number of hydrogen-bond acceptors (Lipinski definition) is 16. The van der Waals surface area contributed by atoms with Gasteiger partial charge in [-0.25, -0.2) is 17.7 Å². The first-order chi connectivity index (χ1) is 38.7. The van der Waals surface area contributed by atoms with E-state index in [2.05, 4.69) is 62.5 Å². The lowest BCUT2D eigenvalue weighted by Crippen LogP contribution is -2.49. The molecule has 3 N–H and O–H groups in total. The minimum atomic E-state index is -3.93. The number of nitrogens with zero attached hydrogens (tertiary/aromatic N) is 11. The summed E-state index contributed by atoms with van der Waals surface area (Å²) in [7, 11) is -0.823. The van der Waals surface area contributed by atoms with Crippen LogP contribution in [0.15, 0.2) is 85.1 Å². The second kappa shape index (κ2) is 23.9. The van der Waals surface area contributed by atoms with Gasteiger partial charge in [0.1, 0.15) is 22.9 Å². The Bertz CT molecular complexity index is 3350. The van der Waals surface area contributed by atoms with Gasteiger partial charge in [0.25, 0.3) is 11.8 Å². The molecule has 10 rings (SSSR count). The monoisotopic (exact) mass is 1110 g/mol. The number of amides is 3. The van der Waals surface area contributed by atoms with Crippen molar-refractivity contribution in [2.75, 3.05) is 112 Å². The smallest absolute Gasteiger partial charge is 0.289 e. The average Bonchev–Trinajstić information content (AvgIpc) is 3.89. The normalized spacial score (nSPS) is 16.8. The van der Waals surface area contributed by atoms with Crippen LogP contribution in [0.1, 0.15) is 78.6 Å². The van der Waals surface area contributed by atoms with Gasteiger partial charge in [-0.15, -0.1) is 10.2 Å². The molecule has 0 unspecified atom stereocenters. The van der Waals surface area contributed by atoms with Gasteiger partial charge in [-0.1, -0.05) is 31.2 Å². The summed E-state index contributed by atoms with van der Waals surface area (Å²) in [4.78, 5) is 60.5. The van der Waals surface area contributed by atoms with Gasteiger partial charge in [-0.2, -0.15) is 4.98 Å². The lowest BCUT2D eigenvalue weighted by Gasteiger charge is -2.40. The van der Waals surface area contributed by atoms with Crippen LogP contribution in [0.4, 0.5) is 34.5 Å². The van der Waals surface area contributed by atoms with Crippen molar-refractivity contribution in [2.24, 2.45) is 11.8 Å². The van der Waals surface area contributed by atoms with Gasteiger partial charge in [0.15, 0.2) is 11.6 Å². The van der Waals surface area contributed by atoms with Gasteiger partial charge in [0.2, 0.25) is 27.7 Å². The summed E-state index contributed by atoms with van der Waals surface area (Å²) in [6.45, 7) is 15.3. The highest BCUT2D eigenvalue weighted by atomic mass is 32.2. The van der Waals surface area contributed by atoms with Crippen LogP contribution >= 0.6 is 0 Å². The number of piperazine rings is 1. The number of piperidine rings is 2. The third-order valence-electron chi connectivity index (χ3n) is 15.7. The molecule has 0 saturated carbocycles. The molecule has 3 fully saturated rings. The van der Waals surface area contributed by atoms with E-state index < -0.39 is 10.0 Å². The number of phenolic OH excluding ortho intramolecular Hbond substituents is 1. The molecule has 0 aliphatic carbocycles. The van der Waals surface area contributed by atoms with E-state index in [0.29, 0.717) is 54.1 Å². The van der Waals surface area contributed by atoms with Gasteiger partial charge in [-0.05, 0) is 105 Å². The number of para-hydroxylation sites is 1. The molecule has 4 aliphatic heterocycles. The van der Waals surface area contributed by atoms with Crippen LogP contribution in [0, 0.1) is 11.8 Å². The summed E-state index contributed by atoms with van der Waals surface area (Å²) in [5.74, 6) is 1.99. The van der Waals surface area contributed by atoms with E-state index in [1.165, 1.54) is 18.2 Å². The van der Waals surface area contributed by atoms with Crippen molar-refractivity contribution in [2.45, 2.75) is 59.4 Å². The topological polar surface area (TPSA) is 224 Å². The summed E-state index contributed by atoms with van der Waals surface area (Å²) in [6, 6.07) is 24.0. The van der Waals surface area contributed by atoms with E-state index in [1.54, 1.807) is 41.9 Å². The van der Waals surface area contributed by atoms with Gasteiger partial charge in [-0.3, -0.25) is 23.9 Å². The Morgan fingerprint density at radius 3 is 2.20 bits per heavy atom. The predicted octanol–water partition coefficient (Wildman–Crippen LogP) is 6.85. The lowest BCUT2D eigenvalue weighted by molar-refractivity contribution is -0.137. The molecule has 6 heterocycles. The Morgan fingerprint density at radius 2 is 1.51 bits per heavy atom. The number of anilines is 6. The number of aromatic nitrogens is 5. The highest BCUT2D eigenvalue weighted by Gasteiger charge is 2.36. The summed E-state index contributed by atoms with van der Waals surface area (Å²) in [6.07, 6.45) is 6.65. The zero-order valence-electron chi connectivity index (χ0n) is 46.4. The van der Waals surface area contributed by atoms with Crippen molar-refractivity contribution in [3.8, 4) is 34.3 Å². The number of methoxy groups -OCH3 is 1. The zero-order valence-corrected chi connectivity index (χ0v) is 47.2. The average molecular weight is 1110 g/mol. The maximum atomic E-state index is 13.9. The number of rotatable bonds is 17. The summed E-state index contributed by atoms with van der Waals surface area (Å²) < 4.78 is 41.1. The van der Waals surface area contributed by atoms with Crippen molar-refractivity contribution in [3.05, 3.63) is 108 Å². The van der Waals surface area contributed by atoms with Crippen LogP contribution in [-0.4, -0.2) is 163 Å². The van der Waals surface area contributed by atoms with E-state index in [9.17, 15) is 27.9 Å². The fraction of sp³-hybridized carbons (Fsp3) is 0.431. The van der Waals surface area contributed by atoms with E-state index in [1.807, 2.05) is 57.2 Å². The standard InChI is InChI=1S/C58H71N13O8S/c1-7-40-32-45(50(78-5)34-49(40)72)52-63-64-54(55(73)59-8-2)70(52)42-16-14-38(15-17-42)36-66-28-30-67(31-29-66)37-39-20-24-69(25-21-39)56(74)41-22-26-68(27-23-41)43-18-19-46(51(33-43)79-9-3)61-58-60-35-48-53(62-58)71(80(6,76)77)47-13-11-10-12-44(47)57(75)65(48)4/h10-19,32-35,39,41,72H,7-9,20-31,36-37H2,1-6H3,(H,59,73)(H,60,61,62). The van der Waals surface area contributed by atoms with E-state index in [4.69, 9.17) is 9.47 Å². The van der Waals surface area contributed by atoms with Crippen molar-refractivity contribution < 1.29 is 37.4 Å². The molecule has 3 saturated heterocycles. The molecule has 6 aromatic rings. The van der Waals surface area contributed by atoms with Gasteiger partial charge in [0, 0.05) is 108 Å². The molecule has 22 heteroatoms. The molecule has 0 spiro atoms. The van der Waals surface area contributed by atoms with Crippen molar-refractivity contribution in [1.29, 1.82) is 0 Å². The number of ether oxygens (including phenoxy) is 2. The largest absolute Gasteiger partial charge is 0.508 e. The lowest BCUT2D eigenvalue weighted by atomic mass is 9.91. The highest BCUT2D eigenvalue weighted by Crippen LogP contribution is 2.42. The maximum absolute atomic E-state index is 13.9. The number of hydrogen-bond donors (Lipinski definition) is 3. The maximum Gasteiger partial charge on any atom is 0.289 e. The van der Waals surface area contributed by atoms with Crippen LogP contribution in [0.5, 0.6) is 17.2 Å². The first-order valence-corrected chi connectivity index (χ1v) is 29.5. The summed E-state index contributed by atoms with van der Waals surface area (Å²) in [5.41, 5.74) is 5.50. The number of nitrogens with one attached hydrogen (secondary N) is 2. The number of likely N-dealkylation sites (tertiary alicyclic amines) is 1. The number of phenols is 1. The highest BCUT2D eigenvalue weighted by molar-refractivity contribution is 7.92. The number of aromatic hydroxyl groups is 1. The fourth-order valence-corrected chi connectivity index (χ4v) is 12.4.